The van der Waals surface area contributed by atoms with E-state index >= 15 is 0 Å². The average molecular weight is 334 g/mol. The standard InChI is InChI=1S/C18H16F2O4/c1-23-17-5-3-11(8-14(17)19)7-13(21)10-16(22)12-4-6-18(24-2)15(20)9-12/h3-6,8-10,22H,7H2,1-2H3/b16-10+. The SMILES string of the molecule is COc1ccc(CC(=O)/C=C(/O)c2ccc(OC)c(F)c2)cc1F. The van der Waals surface area contributed by atoms with Gasteiger partial charge in [-0.15, -0.1) is 0 Å². The number of carbonyl (C=O) groups is 1. The van der Waals surface area contributed by atoms with Crippen LogP contribution < -0.4 is 9.47 Å². The third-order valence-corrected chi connectivity index (χ3v) is 3.34. The average Bonchev–Trinajstić information content (AvgIpc) is 2.54. The minimum Gasteiger partial charge on any atom is -0.507 e. The Morgan fingerprint density at radius 2 is 1.62 bits per heavy atom. The van der Waals surface area contributed by atoms with E-state index in [0.29, 0.717) is 5.56 Å². The molecular formula is C18H16F2O4. The number of benzene rings is 2. The first-order valence-electron chi connectivity index (χ1n) is 7.04. The zero-order valence-corrected chi connectivity index (χ0v) is 13.2. The lowest BCUT2D eigenvalue weighted by atomic mass is 10.1. The van der Waals surface area contributed by atoms with Crippen LogP contribution in [0.4, 0.5) is 8.78 Å². The maximum atomic E-state index is 13.6. The summed E-state index contributed by atoms with van der Waals surface area (Å²) in [7, 11) is 2.67. The number of hydrogen-bond donors (Lipinski definition) is 1. The lowest BCUT2D eigenvalue weighted by Gasteiger charge is -2.05. The fourth-order valence-corrected chi connectivity index (χ4v) is 2.13. The number of hydrogen-bond acceptors (Lipinski definition) is 4. The fraction of sp³-hybridized carbons (Fsp3) is 0.167. The lowest BCUT2D eigenvalue weighted by molar-refractivity contribution is -0.114. The first kappa shape index (κ1) is 17.5. The highest BCUT2D eigenvalue weighted by Crippen LogP contribution is 2.22. The van der Waals surface area contributed by atoms with Crippen LogP contribution in [-0.2, 0) is 11.2 Å². The minimum atomic E-state index is -0.653. The number of allylic oxidation sites excluding steroid dienone is 1. The van der Waals surface area contributed by atoms with Crippen LogP contribution >= 0.6 is 0 Å². The molecule has 2 aromatic carbocycles. The predicted molar refractivity (Wildman–Crippen MR) is 85.2 cm³/mol. The van der Waals surface area contributed by atoms with E-state index in [1.54, 1.807) is 6.07 Å². The largest absolute Gasteiger partial charge is 0.507 e. The molecule has 0 aliphatic rings. The van der Waals surface area contributed by atoms with Crippen LogP contribution in [0.15, 0.2) is 42.5 Å². The van der Waals surface area contributed by atoms with Crippen LogP contribution in [0.5, 0.6) is 11.5 Å². The van der Waals surface area contributed by atoms with E-state index in [1.165, 1.54) is 38.5 Å². The van der Waals surface area contributed by atoms with Gasteiger partial charge in [-0.3, -0.25) is 4.79 Å². The van der Waals surface area contributed by atoms with E-state index in [2.05, 4.69) is 0 Å². The third-order valence-electron chi connectivity index (χ3n) is 3.34. The number of rotatable bonds is 6. The number of methoxy groups -OCH3 is 2. The summed E-state index contributed by atoms with van der Waals surface area (Å²) >= 11 is 0. The Hall–Kier alpha value is -2.89. The Bertz CT molecular complexity index is 785. The number of carbonyl (C=O) groups excluding carboxylic acids is 1. The molecule has 0 saturated heterocycles. The number of ketones is 1. The smallest absolute Gasteiger partial charge is 0.165 e. The van der Waals surface area contributed by atoms with Crippen molar-refractivity contribution in [1.29, 1.82) is 0 Å². The highest BCUT2D eigenvalue weighted by Gasteiger charge is 2.10. The number of aliphatic hydroxyl groups excluding tert-OH is 1. The van der Waals surface area contributed by atoms with Crippen molar-refractivity contribution < 1.29 is 28.2 Å². The highest BCUT2D eigenvalue weighted by molar-refractivity contribution is 5.96. The van der Waals surface area contributed by atoms with Crippen LogP contribution in [0.25, 0.3) is 5.76 Å². The molecule has 0 spiro atoms. The Labute approximate surface area is 138 Å². The molecular weight excluding hydrogens is 318 g/mol. The molecule has 2 aromatic rings. The Kier molecular flexibility index (Phi) is 5.52. The molecule has 0 fully saturated rings. The van der Waals surface area contributed by atoms with Gasteiger partial charge in [-0.1, -0.05) is 6.07 Å². The van der Waals surface area contributed by atoms with Crippen LogP contribution in [0.1, 0.15) is 11.1 Å². The van der Waals surface area contributed by atoms with Gasteiger partial charge in [0.1, 0.15) is 5.76 Å². The second-order valence-corrected chi connectivity index (χ2v) is 4.99. The van der Waals surface area contributed by atoms with Gasteiger partial charge in [-0.2, -0.15) is 0 Å². The van der Waals surface area contributed by atoms with Crippen molar-refractivity contribution in [3.05, 3.63) is 65.2 Å². The maximum absolute atomic E-state index is 13.6. The molecule has 0 aliphatic carbocycles. The van der Waals surface area contributed by atoms with E-state index < -0.39 is 17.4 Å². The first-order chi connectivity index (χ1) is 11.4. The van der Waals surface area contributed by atoms with Crippen LogP contribution in [0, 0.1) is 11.6 Å². The summed E-state index contributed by atoms with van der Waals surface area (Å²) in [5.74, 6) is -1.94. The van der Waals surface area contributed by atoms with Gasteiger partial charge in [0.25, 0.3) is 0 Å². The van der Waals surface area contributed by atoms with Gasteiger partial charge in [0.15, 0.2) is 28.9 Å². The van der Waals surface area contributed by atoms with Gasteiger partial charge >= 0.3 is 0 Å². The Morgan fingerprint density at radius 3 is 2.17 bits per heavy atom. The summed E-state index contributed by atoms with van der Waals surface area (Å²) in [4.78, 5) is 12.0. The molecule has 2 rings (SSSR count). The van der Waals surface area contributed by atoms with Gasteiger partial charge in [0, 0.05) is 18.1 Å². The van der Waals surface area contributed by atoms with Gasteiger partial charge < -0.3 is 14.6 Å². The second-order valence-electron chi connectivity index (χ2n) is 4.99. The second kappa shape index (κ2) is 7.59. The van der Waals surface area contributed by atoms with Crippen molar-refractivity contribution in [3.63, 3.8) is 0 Å². The third kappa shape index (κ3) is 4.10. The molecule has 0 radical (unpaired) electrons. The van der Waals surface area contributed by atoms with Crippen molar-refractivity contribution in [1.82, 2.24) is 0 Å². The summed E-state index contributed by atoms with van der Waals surface area (Å²) in [5.41, 5.74) is 0.575. The molecule has 0 atom stereocenters. The summed E-state index contributed by atoms with van der Waals surface area (Å²) in [6.45, 7) is 0. The van der Waals surface area contributed by atoms with Crippen LogP contribution in [-0.4, -0.2) is 25.1 Å². The highest BCUT2D eigenvalue weighted by atomic mass is 19.1. The molecule has 0 saturated carbocycles. The number of halogens is 2. The predicted octanol–water partition coefficient (Wildman–Crippen LogP) is 3.69. The van der Waals surface area contributed by atoms with E-state index in [1.807, 2.05) is 0 Å². The van der Waals surface area contributed by atoms with Gasteiger partial charge in [0.05, 0.1) is 14.2 Å². The zero-order chi connectivity index (χ0) is 17.7. The van der Waals surface area contributed by atoms with Gasteiger partial charge in [-0.05, 0) is 35.9 Å². The van der Waals surface area contributed by atoms with Crippen molar-refractivity contribution in [2.45, 2.75) is 6.42 Å². The molecule has 1 N–H and O–H groups in total. The van der Waals surface area contributed by atoms with E-state index in [4.69, 9.17) is 9.47 Å². The van der Waals surface area contributed by atoms with Gasteiger partial charge in [-0.25, -0.2) is 8.78 Å². The van der Waals surface area contributed by atoms with Crippen molar-refractivity contribution in [3.8, 4) is 11.5 Å². The summed E-state index contributed by atoms with van der Waals surface area (Å²) in [5, 5.41) is 9.93. The molecule has 24 heavy (non-hydrogen) atoms. The number of aliphatic hydroxyl groups is 1. The van der Waals surface area contributed by atoms with Crippen LogP contribution in [0.3, 0.4) is 0 Å². The molecule has 0 heterocycles. The molecule has 0 aromatic heterocycles. The molecule has 0 amide bonds. The van der Waals surface area contributed by atoms with Crippen molar-refractivity contribution in [2.24, 2.45) is 0 Å². The Morgan fingerprint density at radius 1 is 1.04 bits per heavy atom. The van der Waals surface area contributed by atoms with Gasteiger partial charge in [0.2, 0.25) is 0 Å². The number of ether oxygens (including phenoxy) is 2. The fourth-order valence-electron chi connectivity index (χ4n) is 2.13. The van der Waals surface area contributed by atoms with E-state index in [-0.39, 0.29) is 29.2 Å². The summed E-state index contributed by atoms with van der Waals surface area (Å²) < 4.78 is 36.8. The first-order valence-corrected chi connectivity index (χ1v) is 7.04. The molecule has 0 bridgehead atoms. The maximum Gasteiger partial charge on any atom is 0.165 e. The van der Waals surface area contributed by atoms with E-state index in [0.717, 1.165) is 12.1 Å². The van der Waals surface area contributed by atoms with E-state index in [9.17, 15) is 18.7 Å². The molecule has 0 unspecified atom stereocenters. The van der Waals surface area contributed by atoms with Crippen molar-refractivity contribution in [2.75, 3.05) is 14.2 Å². The molecule has 6 heteroatoms. The zero-order valence-electron chi connectivity index (χ0n) is 13.2. The molecule has 4 nitrogen and oxygen atoms in total. The molecule has 0 aliphatic heterocycles. The molecule has 126 valence electrons. The minimum absolute atomic E-state index is 0.0339. The van der Waals surface area contributed by atoms with Crippen LogP contribution in [0.2, 0.25) is 0 Å². The van der Waals surface area contributed by atoms with Crippen molar-refractivity contribution >= 4 is 11.5 Å². The normalized spacial score (nSPS) is 11.2. The monoisotopic (exact) mass is 334 g/mol. The quantitative estimate of drug-likeness (QED) is 0.646. The Balaban J connectivity index is 2.13. The topological polar surface area (TPSA) is 55.8 Å². The lowest BCUT2D eigenvalue weighted by Crippen LogP contribution is -2.01. The summed E-state index contributed by atoms with van der Waals surface area (Å²) in [6.07, 6.45) is 0.868. The summed E-state index contributed by atoms with van der Waals surface area (Å²) in [6, 6.07) is 7.99.